The maximum atomic E-state index is 5.49. The molecule has 0 heterocycles. The van der Waals surface area contributed by atoms with Gasteiger partial charge in [0.2, 0.25) is 0 Å². The number of ether oxygens (including phenoxy) is 1. The quantitative estimate of drug-likeness (QED) is 0.631. The molecule has 0 N–H and O–H groups in total. The Hall–Kier alpha value is -0.0200. The topological polar surface area (TPSA) is 9.23 Å². The fourth-order valence-corrected chi connectivity index (χ4v) is 4.04. The summed E-state index contributed by atoms with van der Waals surface area (Å²) >= 11 is 7.44. The number of rotatable bonds is 5. The minimum absolute atomic E-state index is 0.456. The summed E-state index contributed by atoms with van der Waals surface area (Å²) in [6.45, 7) is 2.72. The van der Waals surface area contributed by atoms with Crippen molar-refractivity contribution in [3.63, 3.8) is 0 Å². The number of alkyl halides is 1. The predicted octanol–water partition coefficient (Wildman–Crippen LogP) is 5.47. The smallest absolute Gasteiger partial charge is 0.120 e. The van der Waals surface area contributed by atoms with Crippen LogP contribution >= 0.6 is 31.9 Å². The van der Waals surface area contributed by atoms with Gasteiger partial charge in [0, 0.05) is 9.30 Å². The van der Waals surface area contributed by atoms with Crippen molar-refractivity contribution in [2.45, 2.75) is 37.4 Å². The average Bonchev–Trinajstić information content (AvgIpc) is 2.24. The van der Waals surface area contributed by atoms with Crippen molar-refractivity contribution >= 4 is 31.9 Å². The zero-order chi connectivity index (χ0) is 12.3. The summed E-state index contributed by atoms with van der Waals surface area (Å²) < 4.78 is 6.63. The van der Waals surface area contributed by atoms with Crippen molar-refractivity contribution in [3.05, 3.63) is 28.2 Å². The monoisotopic (exact) mass is 360 g/mol. The molecule has 1 atom stereocenters. The van der Waals surface area contributed by atoms with Gasteiger partial charge in [0.15, 0.2) is 0 Å². The molecule has 1 unspecified atom stereocenters. The normalized spacial score (nSPS) is 17.6. The van der Waals surface area contributed by atoms with E-state index in [1.807, 2.05) is 6.92 Å². The number of hydrogen-bond acceptors (Lipinski definition) is 1. The largest absolute Gasteiger partial charge is 0.494 e. The first kappa shape index (κ1) is 13.4. The highest BCUT2D eigenvalue weighted by Gasteiger charge is 2.22. The van der Waals surface area contributed by atoms with E-state index < -0.39 is 0 Å². The van der Waals surface area contributed by atoms with Crippen LogP contribution in [0.25, 0.3) is 0 Å². The van der Waals surface area contributed by atoms with Crippen molar-refractivity contribution in [2.24, 2.45) is 5.92 Å². The molecule has 1 aliphatic rings. The van der Waals surface area contributed by atoms with E-state index in [9.17, 15) is 0 Å². The van der Waals surface area contributed by atoms with Crippen molar-refractivity contribution in [1.82, 2.24) is 0 Å². The molecule has 1 fully saturated rings. The SMILES string of the molecule is CCOc1ccc(C(Br)CC2CCC2)c(Br)c1. The van der Waals surface area contributed by atoms with Crippen molar-refractivity contribution in [1.29, 1.82) is 0 Å². The lowest BCUT2D eigenvalue weighted by atomic mass is 9.81. The van der Waals surface area contributed by atoms with Crippen molar-refractivity contribution < 1.29 is 4.74 Å². The predicted molar refractivity (Wildman–Crippen MR) is 78.9 cm³/mol. The van der Waals surface area contributed by atoms with Gasteiger partial charge in [-0.15, -0.1) is 0 Å². The van der Waals surface area contributed by atoms with Crippen molar-refractivity contribution in [2.75, 3.05) is 6.61 Å². The standard InChI is InChI=1S/C14H18Br2O/c1-2-17-11-6-7-12(14(16)9-11)13(15)8-10-4-3-5-10/h6-7,9-10,13H,2-5,8H2,1H3. The third-order valence-corrected chi connectivity index (χ3v) is 4.94. The summed E-state index contributed by atoms with van der Waals surface area (Å²) in [5.74, 6) is 1.85. The molecule has 1 aromatic carbocycles. The lowest BCUT2D eigenvalue weighted by Gasteiger charge is -2.28. The second-order valence-electron chi connectivity index (χ2n) is 4.62. The third-order valence-electron chi connectivity index (χ3n) is 3.39. The summed E-state index contributed by atoms with van der Waals surface area (Å²) in [6, 6.07) is 6.28. The lowest BCUT2D eigenvalue weighted by Crippen LogP contribution is -2.12. The highest BCUT2D eigenvalue weighted by atomic mass is 79.9. The van der Waals surface area contributed by atoms with Gasteiger partial charge in [0.1, 0.15) is 5.75 Å². The number of hydrogen-bond donors (Lipinski definition) is 0. The summed E-state index contributed by atoms with van der Waals surface area (Å²) in [6.07, 6.45) is 5.45. The Morgan fingerprint density at radius 2 is 2.18 bits per heavy atom. The van der Waals surface area contributed by atoms with E-state index in [0.717, 1.165) is 16.1 Å². The lowest BCUT2D eigenvalue weighted by molar-refractivity contribution is 0.295. The Balaban J connectivity index is 2.03. The molecule has 0 saturated heterocycles. The van der Waals surface area contributed by atoms with Gasteiger partial charge in [-0.2, -0.15) is 0 Å². The van der Waals surface area contributed by atoms with Gasteiger partial charge < -0.3 is 4.74 Å². The average molecular weight is 362 g/mol. The van der Waals surface area contributed by atoms with Crippen LogP contribution in [-0.4, -0.2) is 6.61 Å². The van der Waals surface area contributed by atoms with Gasteiger partial charge in [-0.05, 0) is 37.0 Å². The molecule has 0 bridgehead atoms. The van der Waals surface area contributed by atoms with Crippen LogP contribution in [0.4, 0.5) is 0 Å². The molecule has 0 aliphatic heterocycles. The molecule has 0 amide bonds. The minimum Gasteiger partial charge on any atom is -0.494 e. The number of halogens is 2. The van der Waals surface area contributed by atoms with Crippen LogP contribution in [0.3, 0.4) is 0 Å². The third kappa shape index (κ3) is 3.47. The van der Waals surface area contributed by atoms with Gasteiger partial charge in [-0.1, -0.05) is 57.2 Å². The van der Waals surface area contributed by atoms with Crippen LogP contribution < -0.4 is 4.74 Å². The Bertz CT molecular complexity index is 374. The molecule has 1 saturated carbocycles. The van der Waals surface area contributed by atoms with E-state index in [-0.39, 0.29) is 0 Å². The van der Waals surface area contributed by atoms with E-state index >= 15 is 0 Å². The van der Waals surface area contributed by atoms with Gasteiger partial charge >= 0.3 is 0 Å². The Labute approximate surface area is 120 Å². The molecule has 1 aliphatic carbocycles. The molecular formula is C14H18Br2O. The van der Waals surface area contributed by atoms with Gasteiger partial charge in [0.05, 0.1) is 6.61 Å². The summed E-state index contributed by atoms with van der Waals surface area (Å²) in [5.41, 5.74) is 1.33. The zero-order valence-electron chi connectivity index (χ0n) is 10.1. The van der Waals surface area contributed by atoms with Crippen LogP contribution in [0.5, 0.6) is 5.75 Å². The van der Waals surface area contributed by atoms with Crippen LogP contribution in [0.1, 0.15) is 43.0 Å². The second kappa shape index (κ2) is 6.24. The maximum Gasteiger partial charge on any atom is 0.120 e. The Morgan fingerprint density at radius 1 is 1.41 bits per heavy atom. The molecule has 1 nitrogen and oxygen atoms in total. The van der Waals surface area contributed by atoms with Crippen LogP contribution in [0.15, 0.2) is 22.7 Å². The first-order valence-corrected chi connectivity index (χ1v) is 7.98. The summed E-state index contributed by atoms with van der Waals surface area (Å²) in [4.78, 5) is 0.456. The summed E-state index contributed by atoms with van der Waals surface area (Å²) in [5, 5.41) is 0. The fraction of sp³-hybridized carbons (Fsp3) is 0.571. The van der Waals surface area contributed by atoms with E-state index in [1.54, 1.807) is 0 Å². The molecule has 0 spiro atoms. The van der Waals surface area contributed by atoms with Crippen LogP contribution in [-0.2, 0) is 0 Å². The van der Waals surface area contributed by atoms with Crippen LogP contribution in [0.2, 0.25) is 0 Å². The Morgan fingerprint density at radius 3 is 2.71 bits per heavy atom. The molecule has 0 radical (unpaired) electrons. The molecule has 2 rings (SSSR count). The Kier molecular flexibility index (Phi) is 4.92. The minimum atomic E-state index is 0.456. The molecular weight excluding hydrogens is 344 g/mol. The van der Waals surface area contributed by atoms with E-state index in [0.29, 0.717) is 11.4 Å². The van der Waals surface area contributed by atoms with Crippen LogP contribution in [0, 0.1) is 5.92 Å². The molecule has 17 heavy (non-hydrogen) atoms. The van der Waals surface area contributed by atoms with E-state index in [1.165, 1.54) is 31.2 Å². The highest BCUT2D eigenvalue weighted by Crippen LogP contribution is 2.41. The van der Waals surface area contributed by atoms with Gasteiger partial charge in [-0.3, -0.25) is 0 Å². The number of benzene rings is 1. The molecule has 1 aromatic rings. The first-order valence-electron chi connectivity index (χ1n) is 6.27. The molecule has 94 valence electrons. The summed E-state index contributed by atoms with van der Waals surface area (Å²) in [7, 11) is 0. The zero-order valence-corrected chi connectivity index (χ0v) is 13.3. The first-order chi connectivity index (χ1) is 8.20. The maximum absolute atomic E-state index is 5.49. The molecule has 3 heteroatoms. The molecule has 0 aromatic heterocycles. The van der Waals surface area contributed by atoms with Gasteiger partial charge in [-0.25, -0.2) is 0 Å². The van der Waals surface area contributed by atoms with Gasteiger partial charge in [0.25, 0.3) is 0 Å². The second-order valence-corrected chi connectivity index (χ2v) is 6.58. The van der Waals surface area contributed by atoms with E-state index in [4.69, 9.17) is 4.74 Å². The van der Waals surface area contributed by atoms with E-state index in [2.05, 4.69) is 50.1 Å². The highest BCUT2D eigenvalue weighted by molar-refractivity contribution is 9.11. The fourth-order valence-electron chi connectivity index (χ4n) is 2.17. The van der Waals surface area contributed by atoms with Crippen molar-refractivity contribution in [3.8, 4) is 5.75 Å².